The van der Waals surface area contributed by atoms with E-state index in [0.29, 0.717) is 38.7 Å². The molecule has 57 heavy (non-hydrogen) atoms. The van der Waals surface area contributed by atoms with Crippen LogP contribution in [0.15, 0.2) is 89.6 Å². The summed E-state index contributed by atoms with van der Waals surface area (Å²) in [5.41, 5.74) is 9.10. The lowest BCUT2D eigenvalue weighted by Crippen LogP contribution is -2.52. The summed E-state index contributed by atoms with van der Waals surface area (Å²) in [6.07, 6.45) is 3.38. The van der Waals surface area contributed by atoms with Crippen LogP contribution in [0.2, 0.25) is 0 Å². The molecule has 0 bridgehead atoms. The Morgan fingerprint density at radius 1 is 1.00 bits per heavy atom. The Morgan fingerprint density at radius 3 is 2.53 bits per heavy atom. The number of nitrogens with one attached hydrogen (secondary N) is 4. The fraction of sp³-hybridized carbons (Fsp3) is 0.231. The summed E-state index contributed by atoms with van der Waals surface area (Å²) in [7, 11) is -4.35. The summed E-state index contributed by atoms with van der Waals surface area (Å²) in [6, 6.07) is 19.4. The predicted molar refractivity (Wildman–Crippen MR) is 209 cm³/mol. The Balaban J connectivity index is 0.954. The van der Waals surface area contributed by atoms with E-state index >= 15 is 4.39 Å². The number of anilines is 3. The summed E-state index contributed by atoms with van der Waals surface area (Å²) >= 11 is 0. The maximum absolute atomic E-state index is 16.1. The van der Waals surface area contributed by atoms with Gasteiger partial charge in [-0.25, -0.2) is 13.4 Å². The Kier molecular flexibility index (Phi) is 10.9. The van der Waals surface area contributed by atoms with Gasteiger partial charge in [0, 0.05) is 72.8 Å². The van der Waals surface area contributed by atoms with Gasteiger partial charge in [-0.3, -0.25) is 34.3 Å². The molecule has 0 aromatic heterocycles. The largest absolute Gasteiger partial charge is 0.487 e. The molecule has 16 nitrogen and oxygen atoms in total. The molecule has 294 valence electrons. The number of halogens is 1. The van der Waals surface area contributed by atoms with E-state index in [1.54, 1.807) is 42.6 Å². The number of piperidine rings is 1. The molecule has 3 aliphatic rings. The number of carbonyl (C=O) groups excluding carboxylic acids is 5. The molecule has 1 atom stereocenters. The van der Waals surface area contributed by atoms with Gasteiger partial charge in [0.15, 0.2) is 5.82 Å². The summed E-state index contributed by atoms with van der Waals surface area (Å²) < 4.78 is 49.9. The number of imide groups is 1. The standard InChI is InChI=1S/C39H37FN8O8S/c40-36-29-8-7-28(14-25(29)16-32(56-22-23-4-2-1-3-5-23)37(36)48-21-35(51)46-57(48,54)55)44-34(50)12-13-42-18-24(17-41)19-43-27-6-9-30-26(15-27)20-47(39(30)53)31-10-11-33(49)45-38(31)52/h1-9,14-18,31,43H,10-13,19-22,41H2,(H,44,50)(H,46,51)(H,45,49,52). The minimum atomic E-state index is -4.35. The Bertz CT molecular complexity index is 2480. The predicted octanol–water partition coefficient (Wildman–Crippen LogP) is 2.85. The average molecular weight is 797 g/mol. The summed E-state index contributed by atoms with van der Waals surface area (Å²) in [5.74, 6) is -3.28. The number of hydrogen-bond donors (Lipinski definition) is 5. The molecule has 0 saturated carbocycles. The van der Waals surface area contributed by atoms with Crippen LogP contribution in [0.4, 0.5) is 21.5 Å². The molecule has 0 aliphatic carbocycles. The van der Waals surface area contributed by atoms with E-state index in [2.05, 4.69) is 20.9 Å². The zero-order valence-electron chi connectivity index (χ0n) is 30.3. The molecular weight excluding hydrogens is 760 g/mol. The normalized spacial score (nSPS) is 17.8. The van der Waals surface area contributed by atoms with Gasteiger partial charge in [0.2, 0.25) is 17.7 Å². The highest BCUT2D eigenvalue weighted by Crippen LogP contribution is 2.40. The van der Waals surface area contributed by atoms with Crippen molar-refractivity contribution in [2.45, 2.75) is 38.5 Å². The highest BCUT2D eigenvalue weighted by Gasteiger charge is 2.40. The van der Waals surface area contributed by atoms with Gasteiger partial charge in [0.05, 0.1) is 0 Å². The fourth-order valence-corrected chi connectivity index (χ4v) is 7.90. The zero-order valence-corrected chi connectivity index (χ0v) is 31.1. The number of hydrogen-bond acceptors (Lipinski definition) is 11. The van der Waals surface area contributed by atoms with E-state index < -0.39 is 46.1 Å². The first-order chi connectivity index (χ1) is 27.4. The van der Waals surface area contributed by atoms with Crippen molar-refractivity contribution in [1.82, 2.24) is 14.9 Å². The number of ether oxygens (including phenoxy) is 1. The number of carbonyl (C=O) groups is 5. The van der Waals surface area contributed by atoms with Crippen LogP contribution < -0.4 is 35.4 Å². The number of rotatable bonds is 13. The second kappa shape index (κ2) is 16.1. The average Bonchev–Trinajstić information content (AvgIpc) is 3.65. The Labute approximate surface area is 326 Å². The van der Waals surface area contributed by atoms with E-state index in [0.717, 1.165) is 11.1 Å². The first-order valence-corrected chi connectivity index (χ1v) is 19.3. The minimum absolute atomic E-state index is 0.00858. The first-order valence-electron chi connectivity index (χ1n) is 17.9. The lowest BCUT2D eigenvalue weighted by Gasteiger charge is -2.29. The second-order valence-electron chi connectivity index (χ2n) is 13.5. The van der Waals surface area contributed by atoms with E-state index in [9.17, 15) is 32.4 Å². The van der Waals surface area contributed by atoms with Crippen LogP contribution in [0.5, 0.6) is 5.75 Å². The third-order valence-corrected chi connectivity index (χ3v) is 10.9. The van der Waals surface area contributed by atoms with Crippen molar-refractivity contribution in [2.24, 2.45) is 10.7 Å². The molecule has 18 heteroatoms. The Morgan fingerprint density at radius 2 is 1.79 bits per heavy atom. The van der Waals surface area contributed by atoms with Gasteiger partial charge in [-0.1, -0.05) is 30.3 Å². The van der Waals surface area contributed by atoms with Crippen molar-refractivity contribution >= 4 is 73.8 Å². The molecule has 3 heterocycles. The van der Waals surface area contributed by atoms with E-state index in [1.807, 2.05) is 16.9 Å². The van der Waals surface area contributed by atoms with Gasteiger partial charge in [0.25, 0.3) is 11.8 Å². The van der Waals surface area contributed by atoms with Crippen LogP contribution in [0.3, 0.4) is 0 Å². The first kappa shape index (κ1) is 38.5. The number of benzene rings is 4. The van der Waals surface area contributed by atoms with Crippen LogP contribution >= 0.6 is 0 Å². The number of nitrogens with two attached hydrogens (primary N) is 1. The molecule has 7 rings (SSSR count). The third-order valence-electron chi connectivity index (χ3n) is 9.57. The molecule has 2 saturated heterocycles. The van der Waals surface area contributed by atoms with Crippen molar-refractivity contribution in [3.63, 3.8) is 0 Å². The van der Waals surface area contributed by atoms with Crippen molar-refractivity contribution < 1.29 is 41.5 Å². The summed E-state index contributed by atoms with van der Waals surface area (Å²) in [4.78, 5) is 67.5. The molecule has 0 radical (unpaired) electrons. The topological polar surface area (TPSA) is 222 Å². The molecule has 4 aromatic carbocycles. The number of amides is 5. The van der Waals surface area contributed by atoms with Gasteiger partial charge in [-0.15, -0.1) is 0 Å². The van der Waals surface area contributed by atoms with Gasteiger partial charge >= 0.3 is 10.2 Å². The maximum atomic E-state index is 16.1. The maximum Gasteiger partial charge on any atom is 0.326 e. The molecule has 1 unspecified atom stereocenters. The van der Waals surface area contributed by atoms with Crippen molar-refractivity contribution in [1.29, 1.82) is 0 Å². The summed E-state index contributed by atoms with van der Waals surface area (Å²) in [5, 5.41) is 8.66. The van der Waals surface area contributed by atoms with Gasteiger partial charge in [-0.2, -0.15) is 8.42 Å². The number of fused-ring (bicyclic) bond motifs is 2. The molecule has 2 fully saturated rings. The van der Waals surface area contributed by atoms with Crippen molar-refractivity contribution in [3.8, 4) is 5.75 Å². The van der Waals surface area contributed by atoms with E-state index in [1.165, 1.54) is 35.4 Å². The molecule has 3 aliphatic heterocycles. The molecule has 5 amide bonds. The smallest absolute Gasteiger partial charge is 0.326 e. The van der Waals surface area contributed by atoms with Crippen LogP contribution in [-0.4, -0.2) is 74.7 Å². The van der Waals surface area contributed by atoms with Crippen molar-refractivity contribution in [2.75, 3.05) is 34.6 Å². The van der Waals surface area contributed by atoms with Gasteiger partial charge in [0.1, 0.15) is 30.6 Å². The highest BCUT2D eigenvalue weighted by molar-refractivity contribution is 7.92. The lowest BCUT2D eigenvalue weighted by atomic mass is 10.0. The number of nitrogens with zero attached hydrogens (tertiary/aromatic N) is 3. The van der Waals surface area contributed by atoms with E-state index in [4.69, 9.17) is 10.5 Å². The van der Waals surface area contributed by atoms with Crippen LogP contribution in [0, 0.1) is 5.82 Å². The van der Waals surface area contributed by atoms with Gasteiger partial charge in [-0.05, 0) is 65.4 Å². The highest BCUT2D eigenvalue weighted by atomic mass is 32.2. The molecular formula is C39H37FN8O8S. The molecule has 6 N–H and O–H groups in total. The second-order valence-corrected chi connectivity index (χ2v) is 15.1. The molecule has 0 spiro atoms. The van der Waals surface area contributed by atoms with Gasteiger partial charge < -0.3 is 26.0 Å². The summed E-state index contributed by atoms with van der Waals surface area (Å²) in [6.45, 7) is 0.0334. The number of aliphatic imine (C=N–C) groups is 1. The fourth-order valence-electron chi connectivity index (χ4n) is 6.74. The van der Waals surface area contributed by atoms with Crippen molar-refractivity contribution in [3.05, 3.63) is 107 Å². The monoisotopic (exact) mass is 796 g/mol. The van der Waals surface area contributed by atoms with Crippen LogP contribution in [0.25, 0.3) is 10.8 Å². The minimum Gasteiger partial charge on any atom is -0.487 e. The van der Waals surface area contributed by atoms with Crippen LogP contribution in [0.1, 0.15) is 40.7 Å². The Hall–Kier alpha value is -6.82. The zero-order chi connectivity index (χ0) is 40.3. The third kappa shape index (κ3) is 8.40. The molecule has 4 aromatic rings. The van der Waals surface area contributed by atoms with Crippen LogP contribution in [-0.2, 0) is 42.5 Å². The quantitative estimate of drug-likeness (QED) is 0.0984. The SMILES string of the molecule is NC=C(C=NCCC(=O)Nc1ccc2c(F)c(N3CC(=O)NS3(=O)=O)c(OCc3ccccc3)cc2c1)CNc1ccc2c(c1)CN(C1CCC(=O)NC1=O)C2=O. The lowest BCUT2D eigenvalue weighted by molar-refractivity contribution is -0.137. The van der Waals surface area contributed by atoms with E-state index in [-0.39, 0.29) is 67.8 Å².